The molecule has 0 spiro atoms. The number of benzene rings is 2. The Hall–Kier alpha value is -3.17. The van der Waals surface area contributed by atoms with Gasteiger partial charge in [-0.2, -0.15) is 0 Å². The van der Waals surface area contributed by atoms with Gasteiger partial charge in [-0.1, -0.05) is 0 Å². The number of nitrogens with one attached hydrogen (secondary N) is 1. The van der Waals surface area contributed by atoms with Gasteiger partial charge in [0.2, 0.25) is 11.2 Å². The Morgan fingerprint density at radius 3 is 2.68 bits per heavy atom. The molecule has 31 heavy (non-hydrogen) atoms. The summed E-state index contributed by atoms with van der Waals surface area (Å²) in [7, 11) is 1.63. The van der Waals surface area contributed by atoms with E-state index in [0.29, 0.717) is 17.1 Å². The number of hydrogen-bond donors (Lipinski definition) is 1. The third kappa shape index (κ3) is 4.95. The molecule has 1 atom stereocenters. The Kier molecular flexibility index (Phi) is 6.06. The number of fused-ring (bicyclic) bond motifs is 1. The number of aromatic nitrogens is 3. The van der Waals surface area contributed by atoms with Gasteiger partial charge in [0.25, 0.3) is 0 Å². The zero-order chi connectivity index (χ0) is 22.0. The van der Waals surface area contributed by atoms with Crippen LogP contribution in [-0.2, 0) is 11.2 Å². The number of rotatable bonds is 6. The average molecular weight is 460 g/mol. The summed E-state index contributed by atoms with van der Waals surface area (Å²) in [6, 6.07) is 9.37. The maximum Gasteiger partial charge on any atom is 0.249 e. The van der Waals surface area contributed by atoms with Crippen molar-refractivity contribution in [1.82, 2.24) is 15.0 Å². The van der Waals surface area contributed by atoms with Crippen molar-refractivity contribution < 1.29 is 13.6 Å². The van der Waals surface area contributed by atoms with Gasteiger partial charge < -0.3 is 10.2 Å². The summed E-state index contributed by atoms with van der Waals surface area (Å²) in [4.78, 5) is 27.0. The molecule has 2 heterocycles. The van der Waals surface area contributed by atoms with Crippen LogP contribution in [0.5, 0.6) is 0 Å². The first kappa shape index (κ1) is 21.1. The molecule has 0 radical (unpaired) electrons. The molecule has 10 heteroatoms. The second-order valence-corrected chi connectivity index (χ2v) is 8.02. The summed E-state index contributed by atoms with van der Waals surface area (Å²) in [6.45, 7) is 0. The highest BCUT2D eigenvalue weighted by Crippen LogP contribution is 2.25. The standard InChI is InChI=1S/C21H16ClF2N5OS/c1-29(15-2-3-18-16(10-15)26-11-31-18)20(30)17(27-19-4-5-25-21(22)28-19)8-12-6-13(23)9-14(24)7-12/h2-7,9-11,17H,8H2,1H3,(H,25,27,28)/t17-/m0/s1. The maximum atomic E-state index is 13.7. The van der Waals surface area contributed by atoms with E-state index in [4.69, 9.17) is 11.6 Å². The number of hydrogen-bond acceptors (Lipinski definition) is 6. The highest BCUT2D eigenvalue weighted by molar-refractivity contribution is 7.16. The van der Waals surface area contributed by atoms with Crippen LogP contribution in [0.3, 0.4) is 0 Å². The molecular weight excluding hydrogens is 444 g/mol. The maximum absolute atomic E-state index is 13.7. The highest BCUT2D eigenvalue weighted by atomic mass is 35.5. The molecule has 4 rings (SSSR count). The van der Waals surface area contributed by atoms with Gasteiger partial charge in [0.1, 0.15) is 23.5 Å². The van der Waals surface area contributed by atoms with Gasteiger partial charge in [-0.3, -0.25) is 4.79 Å². The normalized spacial score (nSPS) is 12.0. The molecule has 2 aromatic heterocycles. The molecular formula is C21H16ClF2N5OS. The van der Waals surface area contributed by atoms with Crippen LogP contribution in [0.25, 0.3) is 10.2 Å². The summed E-state index contributed by atoms with van der Waals surface area (Å²) >= 11 is 7.36. The van der Waals surface area contributed by atoms with Gasteiger partial charge in [0.05, 0.1) is 15.7 Å². The Morgan fingerprint density at radius 2 is 1.94 bits per heavy atom. The van der Waals surface area contributed by atoms with Gasteiger partial charge in [-0.05, 0) is 53.6 Å². The molecule has 0 aliphatic heterocycles. The minimum atomic E-state index is -0.872. The first-order valence-corrected chi connectivity index (χ1v) is 10.5. The number of anilines is 2. The molecule has 1 N–H and O–H groups in total. The first-order valence-electron chi connectivity index (χ1n) is 9.20. The van der Waals surface area contributed by atoms with Crippen LogP contribution in [0.1, 0.15) is 5.56 Å². The van der Waals surface area contributed by atoms with Crippen molar-refractivity contribution in [3.05, 3.63) is 76.7 Å². The van der Waals surface area contributed by atoms with Gasteiger partial charge in [0, 0.05) is 31.4 Å². The fraction of sp³-hybridized carbons (Fsp3) is 0.143. The minimum absolute atomic E-state index is 0.00957. The number of thiazole rings is 1. The summed E-state index contributed by atoms with van der Waals surface area (Å²) < 4.78 is 28.4. The SMILES string of the molecule is CN(C(=O)[C@H](Cc1cc(F)cc(F)c1)Nc1ccnc(Cl)n1)c1ccc2scnc2c1. The van der Waals surface area contributed by atoms with E-state index in [1.807, 2.05) is 18.2 Å². The van der Waals surface area contributed by atoms with Crippen molar-refractivity contribution in [2.75, 3.05) is 17.3 Å². The first-order chi connectivity index (χ1) is 14.9. The molecule has 0 bridgehead atoms. The van der Waals surface area contributed by atoms with Crippen LogP contribution in [0.2, 0.25) is 5.28 Å². The molecule has 0 aliphatic carbocycles. The van der Waals surface area contributed by atoms with Crippen LogP contribution in [0.4, 0.5) is 20.3 Å². The van der Waals surface area contributed by atoms with Gasteiger partial charge in [-0.25, -0.2) is 23.7 Å². The van der Waals surface area contributed by atoms with Crippen LogP contribution in [0, 0.1) is 11.6 Å². The molecule has 0 unspecified atom stereocenters. The van der Waals surface area contributed by atoms with E-state index in [0.717, 1.165) is 16.3 Å². The molecule has 0 fully saturated rings. The number of amides is 1. The van der Waals surface area contributed by atoms with Crippen molar-refractivity contribution in [3.63, 3.8) is 0 Å². The highest BCUT2D eigenvalue weighted by Gasteiger charge is 2.25. The van der Waals surface area contributed by atoms with Crippen molar-refractivity contribution >= 4 is 50.6 Å². The third-order valence-electron chi connectivity index (χ3n) is 4.64. The third-order valence-corrected chi connectivity index (χ3v) is 5.63. The zero-order valence-corrected chi connectivity index (χ0v) is 17.8. The minimum Gasteiger partial charge on any atom is -0.358 e. The van der Waals surface area contributed by atoms with E-state index in [9.17, 15) is 13.6 Å². The van der Waals surface area contributed by atoms with Crippen LogP contribution in [-0.4, -0.2) is 33.9 Å². The number of carbonyl (C=O) groups excluding carboxylic acids is 1. The van der Waals surface area contributed by atoms with Gasteiger partial charge >= 0.3 is 0 Å². The summed E-state index contributed by atoms with van der Waals surface area (Å²) in [5.41, 5.74) is 3.48. The molecule has 0 saturated carbocycles. The van der Waals surface area contributed by atoms with E-state index in [2.05, 4.69) is 20.3 Å². The molecule has 6 nitrogen and oxygen atoms in total. The summed E-state index contributed by atoms with van der Waals surface area (Å²) in [6.07, 6.45) is 1.47. The van der Waals surface area contributed by atoms with Crippen molar-refractivity contribution in [2.45, 2.75) is 12.5 Å². The van der Waals surface area contributed by atoms with Crippen LogP contribution in [0.15, 0.2) is 54.2 Å². The van der Waals surface area contributed by atoms with E-state index in [-0.39, 0.29) is 17.6 Å². The lowest BCUT2D eigenvalue weighted by atomic mass is 10.0. The summed E-state index contributed by atoms with van der Waals surface area (Å²) in [5.74, 6) is -1.44. The molecule has 0 saturated heterocycles. The quantitative estimate of drug-likeness (QED) is 0.423. The topological polar surface area (TPSA) is 71.0 Å². The van der Waals surface area contributed by atoms with E-state index < -0.39 is 17.7 Å². The molecule has 0 aliphatic rings. The Balaban J connectivity index is 1.64. The predicted molar refractivity (Wildman–Crippen MR) is 118 cm³/mol. The Bertz CT molecular complexity index is 1230. The Morgan fingerprint density at radius 1 is 1.16 bits per heavy atom. The van der Waals surface area contributed by atoms with Crippen LogP contribution >= 0.6 is 22.9 Å². The second-order valence-electron chi connectivity index (χ2n) is 6.79. The second kappa shape index (κ2) is 8.91. The predicted octanol–water partition coefficient (Wildman–Crippen LogP) is 4.70. The number of nitrogens with zero attached hydrogens (tertiary/aromatic N) is 4. The average Bonchev–Trinajstić information content (AvgIpc) is 3.19. The van der Waals surface area contributed by atoms with E-state index in [1.54, 1.807) is 18.6 Å². The number of halogens is 3. The van der Waals surface area contributed by atoms with Gasteiger partial charge in [-0.15, -0.1) is 11.3 Å². The molecule has 1 amide bonds. The van der Waals surface area contributed by atoms with Crippen molar-refractivity contribution in [3.8, 4) is 0 Å². The van der Waals surface area contributed by atoms with Gasteiger partial charge in [0.15, 0.2) is 0 Å². The number of likely N-dealkylation sites (N-methyl/N-ethyl adjacent to an activating group) is 1. The smallest absolute Gasteiger partial charge is 0.249 e. The van der Waals surface area contributed by atoms with E-state index in [1.165, 1.54) is 34.6 Å². The number of carbonyl (C=O) groups is 1. The fourth-order valence-electron chi connectivity index (χ4n) is 3.17. The largest absolute Gasteiger partial charge is 0.358 e. The zero-order valence-electron chi connectivity index (χ0n) is 16.2. The van der Waals surface area contributed by atoms with Crippen molar-refractivity contribution in [2.24, 2.45) is 0 Å². The van der Waals surface area contributed by atoms with E-state index >= 15 is 0 Å². The lowest BCUT2D eigenvalue weighted by Crippen LogP contribution is -2.42. The molecule has 4 aromatic rings. The fourth-order valence-corrected chi connectivity index (χ4v) is 3.98. The lowest BCUT2D eigenvalue weighted by Gasteiger charge is -2.25. The Labute approximate surface area is 185 Å². The molecule has 2 aromatic carbocycles. The van der Waals surface area contributed by atoms with Crippen LogP contribution < -0.4 is 10.2 Å². The van der Waals surface area contributed by atoms with Crippen molar-refractivity contribution in [1.29, 1.82) is 0 Å². The monoisotopic (exact) mass is 459 g/mol. The molecule has 158 valence electrons. The summed E-state index contributed by atoms with van der Waals surface area (Å²) in [5, 5.41) is 3.01. The lowest BCUT2D eigenvalue weighted by molar-refractivity contribution is -0.119.